The summed E-state index contributed by atoms with van der Waals surface area (Å²) in [6.07, 6.45) is 0. The summed E-state index contributed by atoms with van der Waals surface area (Å²) in [7, 11) is 0. The van der Waals surface area contributed by atoms with Gasteiger partial charge in [-0.1, -0.05) is 43.6 Å². The lowest BCUT2D eigenvalue weighted by Gasteiger charge is -2.14. The number of nitrogens with one attached hydrogen (secondary N) is 1. The van der Waals surface area contributed by atoms with Crippen LogP contribution in [0, 0.1) is 6.92 Å². The van der Waals surface area contributed by atoms with Crippen LogP contribution in [0.1, 0.15) is 30.9 Å². The van der Waals surface area contributed by atoms with Crippen molar-refractivity contribution in [2.45, 2.75) is 26.7 Å². The van der Waals surface area contributed by atoms with Gasteiger partial charge < -0.3 is 14.8 Å². The normalized spacial score (nSPS) is 10.5. The summed E-state index contributed by atoms with van der Waals surface area (Å²) in [4.78, 5) is 23.8. The number of para-hydroxylation sites is 1. The highest BCUT2D eigenvalue weighted by Crippen LogP contribution is 2.23. The first kappa shape index (κ1) is 19.8. The van der Waals surface area contributed by atoms with Gasteiger partial charge in [0.1, 0.15) is 5.75 Å². The summed E-state index contributed by atoms with van der Waals surface area (Å²) in [5.41, 5.74) is 2.55. The molecule has 0 aromatic heterocycles. The largest absolute Gasteiger partial charge is 0.482 e. The third-order valence-corrected chi connectivity index (χ3v) is 3.94. The Labute approximate surface area is 158 Å². The Kier molecular flexibility index (Phi) is 7.04. The van der Waals surface area contributed by atoms with E-state index in [4.69, 9.17) is 21.1 Å². The van der Waals surface area contributed by atoms with Gasteiger partial charge in [-0.05, 0) is 48.2 Å². The van der Waals surface area contributed by atoms with Crippen molar-refractivity contribution in [1.82, 2.24) is 0 Å². The Morgan fingerprint density at radius 3 is 2.54 bits per heavy atom. The first-order chi connectivity index (χ1) is 12.4. The minimum atomic E-state index is -0.619. The molecule has 2 rings (SSSR count). The molecular weight excluding hydrogens is 354 g/mol. The highest BCUT2D eigenvalue weighted by molar-refractivity contribution is 6.30. The van der Waals surface area contributed by atoms with Crippen LogP contribution >= 0.6 is 11.6 Å². The van der Waals surface area contributed by atoms with Crippen LogP contribution in [0.25, 0.3) is 0 Å². The second-order valence-electron chi connectivity index (χ2n) is 6.15. The highest BCUT2D eigenvalue weighted by Gasteiger charge is 2.12. The Bertz CT molecular complexity index is 789. The number of ether oxygens (including phenoxy) is 2. The number of carbonyl (C=O) groups is 2. The van der Waals surface area contributed by atoms with Crippen LogP contribution in [0.3, 0.4) is 0 Å². The van der Waals surface area contributed by atoms with E-state index in [2.05, 4.69) is 5.32 Å². The number of carbonyl (C=O) groups excluding carboxylic acids is 2. The number of anilines is 1. The number of amides is 1. The second-order valence-corrected chi connectivity index (χ2v) is 6.59. The maximum atomic E-state index is 12.0. The summed E-state index contributed by atoms with van der Waals surface area (Å²) in [5, 5.41) is 3.36. The van der Waals surface area contributed by atoms with E-state index in [0.717, 1.165) is 16.8 Å². The van der Waals surface area contributed by atoms with E-state index in [0.29, 0.717) is 10.8 Å². The Hall–Kier alpha value is -2.53. The van der Waals surface area contributed by atoms with E-state index >= 15 is 0 Å². The summed E-state index contributed by atoms with van der Waals surface area (Å²) in [6.45, 7) is 5.26. The molecule has 138 valence electrons. The summed E-state index contributed by atoms with van der Waals surface area (Å²) in [5.74, 6) is -0.201. The van der Waals surface area contributed by atoms with Crippen molar-refractivity contribution < 1.29 is 19.1 Å². The van der Waals surface area contributed by atoms with Gasteiger partial charge in [0.2, 0.25) is 0 Å². The molecule has 0 bridgehead atoms. The molecule has 0 aliphatic rings. The molecule has 0 saturated heterocycles. The fourth-order valence-electron chi connectivity index (χ4n) is 2.40. The van der Waals surface area contributed by atoms with E-state index < -0.39 is 11.9 Å². The Morgan fingerprint density at radius 2 is 1.85 bits per heavy atom. The molecule has 0 aliphatic carbocycles. The molecule has 2 aromatic rings. The van der Waals surface area contributed by atoms with Crippen molar-refractivity contribution in [2.24, 2.45) is 0 Å². The van der Waals surface area contributed by atoms with Crippen LogP contribution in [0.15, 0.2) is 42.5 Å². The molecule has 0 radical (unpaired) electrons. The van der Waals surface area contributed by atoms with Crippen LogP contribution in [-0.2, 0) is 14.3 Å². The van der Waals surface area contributed by atoms with Gasteiger partial charge >= 0.3 is 5.97 Å². The van der Waals surface area contributed by atoms with Crippen LogP contribution in [0.2, 0.25) is 5.02 Å². The lowest BCUT2D eigenvalue weighted by Crippen LogP contribution is -2.24. The summed E-state index contributed by atoms with van der Waals surface area (Å²) >= 11 is 5.87. The Morgan fingerprint density at radius 1 is 1.12 bits per heavy atom. The van der Waals surface area contributed by atoms with Crippen molar-refractivity contribution in [1.29, 1.82) is 0 Å². The predicted octanol–water partition coefficient (Wildman–Crippen LogP) is 4.33. The molecule has 2 aromatic carbocycles. The second kappa shape index (κ2) is 9.25. The van der Waals surface area contributed by atoms with Gasteiger partial charge in [0.25, 0.3) is 5.91 Å². The molecule has 0 atom stereocenters. The Balaban J connectivity index is 1.81. The highest BCUT2D eigenvalue weighted by atomic mass is 35.5. The summed E-state index contributed by atoms with van der Waals surface area (Å²) < 4.78 is 10.3. The lowest BCUT2D eigenvalue weighted by molar-refractivity contribution is -0.149. The molecule has 0 unspecified atom stereocenters. The number of hydrogen-bond acceptors (Lipinski definition) is 4. The average Bonchev–Trinajstić information content (AvgIpc) is 2.59. The molecule has 0 saturated carbocycles. The van der Waals surface area contributed by atoms with Crippen molar-refractivity contribution in [3.63, 3.8) is 0 Å². The van der Waals surface area contributed by atoms with Crippen LogP contribution in [0.5, 0.6) is 5.75 Å². The SMILES string of the molecule is Cc1cc(Cl)ccc1OCC(=O)OCC(=O)Nc1ccccc1C(C)C. The zero-order chi connectivity index (χ0) is 19.1. The van der Waals surface area contributed by atoms with E-state index in [1.807, 2.05) is 45.0 Å². The van der Waals surface area contributed by atoms with Crippen molar-refractivity contribution in [2.75, 3.05) is 18.5 Å². The molecule has 5 nitrogen and oxygen atoms in total. The number of halogens is 1. The molecule has 0 spiro atoms. The molecule has 0 fully saturated rings. The van der Waals surface area contributed by atoms with E-state index in [1.54, 1.807) is 18.2 Å². The topological polar surface area (TPSA) is 64.6 Å². The first-order valence-corrected chi connectivity index (χ1v) is 8.68. The number of aryl methyl sites for hydroxylation is 1. The third-order valence-electron chi connectivity index (χ3n) is 3.70. The number of hydrogen-bond donors (Lipinski definition) is 1. The minimum absolute atomic E-state index is 0.269. The van der Waals surface area contributed by atoms with Gasteiger partial charge in [0.05, 0.1) is 0 Å². The third kappa shape index (κ3) is 5.77. The first-order valence-electron chi connectivity index (χ1n) is 8.30. The predicted molar refractivity (Wildman–Crippen MR) is 102 cm³/mol. The monoisotopic (exact) mass is 375 g/mol. The van der Waals surface area contributed by atoms with Gasteiger partial charge in [0, 0.05) is 10.7 Å². The number of rotatable bonds is 7. The maximum absolute atomic E-state index is 12.0. The molecule has 0 heterocycles. The van der Waals surface area contributed by atoms with Crippen molar-refractivity contribution in [3.8, 4) is 5.75 Å². The maximum Gasteiger partial charge on any atom is 0.344 e. The average molecular weight is 376 g/mol. The smallest absolute Gasteiger partial charge is 0.344 e. The van der Waals surface area contributed by atoms with Gasteiger partial charge in [-0.15, -0.1) is 0 Å². The minimum Gasteiger partial charge on any atom is -0.482 e. The number of esters is 1. The van der Waals surface area contributed by atoms with Crippen LogP contribution in [-0.4, -0.2) is 25.1 Å². The van der Waals surface area contributed by atoms with E-state index in [9.17, 15) is 9.59 Å². The van der Waals surface area contributed by atoms with E-state index in [1.165, 1.54) is 0 Å². The molecule has 26 heavy (non-hydrogen) atoms. The van der Waals surface area contributed by atoms with Gasteiger partial charge in [-0.3, -0.25) is 4.79 Å². The standard InChI is InChI=1S/C20H22ClNO4/c1-13(2)16-6-4-5-7-17(16)22-19(23)11-26-20(24)12-25-18-9-8-15(21)10-14(18)3/h4-10,13H,11-12H2,1-3H3,(H,22,23). The molecule has 1 N–H and O–H groups in total. The molecule has 6 heteroatoms. The zero-order valence-corrected chi connectivity index (χ0v) is 15.8. The molecule has 0 aliphatic heterocycles. The summed E-state index contributed by atoms with van der Waals surface area (Å²) in [6, 6.07) is 12.6. The van der Waals surface area contributed by atoms with E-state index in [-0.39, 0.29) is 19.1 Å². The fourth-order valence-corrected chi connectivity index (χ4v) is 2.63. The molecule has 1 amide bonds. The number of benzene rings is 2. The van der Waals surface area contributed by atoms with Crippen molar-refractivity contribution in [3.05, 3.63) is 58.6 Å². The van der Waals surface area contributed by atoms with Crippen molar-refractivity contribution >= 4 is 29.2 Å². The van der Waals surface area contributed by atoms with Gasteiger partial charge in [-0.25, -0.2) is 4.79 Å². The molecular formula is C20H22ClNO4. The van der Waals surface area contributed by atoms with Crippen LogP contribution < -0.4 is 10.1 Å². The lowest BCUT2D eigenvalue weighted by atomic mass is 10.0. The fraction of sp³-hybridized carbons (Fsp3) is 0.300. The van der Waals surface area contributed by atoms with Crippen LogP contribution in [0.4, 0.5) is 5.69 Å². The van der Waals surface area contributed by atoms with Gasteiger partial charge in [0.15, 0.2) is 13.2 Å². The quantitative estimate of drug-likeness (QED) is 0.731. The van der Waals surface area contributed by atoms with Gasteiger partial charge in [-0.2, -0.15) is 0 Å². The zero-order valence-electron chi connectivity index (χ0n) is 15.0.